The molecule has 6 heteroatoms. The Balaban J connectivity index is 2.16. The lowest BCUT2D eigenvalue weighted by atomic mass is 10.2. The Bertz CT molecular complexity index is 427. The molecule has 5 nitrogen and oxygen atoms in total. The van der Waals surface area contributed by atoms with Crippen LogP contribution < -0.4 is 5.73 Å². The van der Waals surface area contributed by atoms with Crippen molar-refractivity contribution in [1.29, 1.82) is 0 Å². The lowest BCUT2D eigenvalue weighted by molar-refractivity contribution is -0.0666. The molecule has 1 aliphatic heterocycles. The van der Waals surface area contributed by atoms with E-state index in [9.17, 15) is 4.79 Å². The van der Waals surface area contributed by atoms with Crippen molar-refractivity contribution in [3.63, 3.8) is 0 Å². The summed E-state index contributed by atoms with van der Waals surface area (Å²) in [5, 5.41) is 9.12. The maximum absolute atomic E-state index is 12.4. The van der Waals surface area contributed by atoms with Gasteiger partial charge in [0, 0.05) is 17.1 Å². The summed E-state index contributed by atoms with van der Waals surface area (Å²) >= 11 is 1.41. The van der Waals surface area contributed by atoms with Gasteiger partial charge in [-0.25, -0.2) is 0 Å². The molecule has 3 N–H and O–H groups in total. The number of hydrogen-bond donors (Lipinski definition) is 2. The standard InChI is InChI=1S/C12H18N2O3S/c1-7-6-17-9(5-15)4-14(7)12(16)11-3-10(13)8(2)18-11/h3,7,9,15H,4-6,13H2,1-2H3. The molecule has 0 saturated carbocycles. The minimum absolute atomic E-state index is 0.0175. The Morgan fingerprint density at radius 3 is 3.00 bits per heavy atom. The average Bonchev–Trinajstić information content (AvgIpc) is 2.69. The first-order valence-electron chi connectivity index (χ1n) is 5.92. The van der Waals surface area contributed by atoms with Crippen molar-refractivity contribution in [3.05, 3.63) is 15.8 Å². The molecular weight excluding hydrogens is 252 g/mol. The summed E-state index contributed by atoms with van der Waals surface area (Å²) in [4.78, 5) is 15.7. The zero-order valence-electron chi connectivity index (χ0n) is 10.5. The van der Waals surface area contributed by atoms with Gasteiger partial charge < -0.3 is 20.5 Å². The fourth-order valence-corrected chi connectivity index (χ4v) is 2.85. The van der Waals surface area contributed by atoms with Crippen molar-refractivity contribution in [2.24, 2.45) is 0 Å². The summed E-state index contributed by atoms with van der Waals surface area (Å²) in [5.41, 5.74) is 6.43. The normalized spacial score (nSPS) is 24.3. The van der Waals surface area contributed by atoms with E-state index in [2.05, 4.69) is 0 Å². The van der Waals surface area contributed by atoms with Crippen LogP contribution in [0.1, 0.15) is 21.5 Å². The number of nitrogens with two attached hydrogens (primary N) is 1. The van der Waals surface area contributed by atoms with Crippen molar-refractivity contribution in [2.45, 2.75) is 26.0 Å². The summed E-state index contributed by atoms with van der Waals surface area (Å²) < 4.78 is 5.42. The molecule has 1 amide bonds. The van der Waals surface area contributed by atoms with Crippen LogP contribution in [-0.4, -0.2) is 47.8 Å². The monoisotopic (exact) mass is 270 g/mol. The van der Waals surface area contributed by atoms with Crippen molar-refractivity contribution in [3.8, 4) is 0 Å². The maximum Gasteiger partial charge on any atom is 0.264 e. The Labute approximate surface area is 110 Å². The molecule has 2 unspecified atom stereocenters. The number of carbonyl (C=O) groups is 1. The average molecular weight is 270 g/mol. The predicted octanol–water partition coefficient (Wildman–Crippen LogP) is 0.861. The second-order valence-corrected chi connectivity index (χ2v) is 5.82. The van der Waals surface area contributed by atoms with E-state index < -0.39 is 0 Å². The molecule has 0 aromatic carbocycles. The van der Waals surface area contributed by atoms with Crippen molar-refractivity contribution in [2.75, 3.05) is 25.5 Å². The smallest absolute Gasteiger partial charge is 0.264 e. The number of rotatable bonds is 2. The molecule has 2 rings (SSSR count). The molecule has 0 bridgehead atoms. The third kappa shape index (κ3) is 2.50. The molecule has 0 spiro atoms. The second-order valence-electron chi connectivity index (χ2n) is 4.57. The predicted molar refractivity (Wildman–Crippen MR) is 70.8 cm³/mol. The molecule has 1 fully saturated rings. The molecule has 1 aromatic heterocycles. The Hall–Kier alpha value is -1.11. The first kappa shape index (κ1) is 13.3. The molecule has 100 valence electrons. The van der Waals surface area contributed by atoms with Crippen molar-refractivity contribution >= 4 is 22.9 Å². The number of nitrogens with zero attached hydrogens (tertiary/aromatic N) is 1. The van der Waals surface area contributed by atoms with Gasteiger partial charge in [-0.05, 0) is 19.9 Å². The van der Waals surface area contributed by atoms with Crippen LogP contribution in [0.15, 0.2) is 6.07 Å². The number of ether oxygens (including phenoxy) is 1. The van der Waals surface area contributed by atoms with E-state index in [1.165, 1.54) is 11.3 Å². The number of nitrogen functional groups attached to an aromatic ring is 1. The molecule has 2 heterocycles. The number of carbonyl (C=O) groups excluding carboxylic acids is 1. The van der Waals surface area contributed by atoms with Gasteiger partial charge in [0.2, 0.25) is 0 Å². The van der Waals surface area contributed by atoms with Crippen molar-refractivity contribution in [1.82, 2.24) is 4.90 Å². The van der Waals surface area contributed by atoms with Crippen LogP contribution in [0, 0.1) is 6.92 Å². The van der Waals surface area contributed by atoms with Crippen LogP contribution in [0.25, 0.3) is 0 Å². The highest BCUT2D eigenvalue weighted by molar-refractivity contribution is 7.14. The molecule has 1 aromatic rings. The van der Waals surface area contributed by atoms with Gasteiger partial charge in [0.15, 0.2) is 0 Å². The molecule has 2 atom stereocenters. The number of amides is 1. The SMILES string of the molecule is Cc1sc(C(=O)N2CC(CO)OCC2C)cc1N. The van der Waals surface area contributed by atoms with Gasteiger partial charge in [0.05, 0.1) is 30.2 Å². The molecule has 1 aliphatic rings. The topological polar surface area (TPSA) is 75.8 Å². The number of aryl methyl sites for hydroxylation is 1. The van der Waals surface area contributed by atoms with Gasteiger partial charge >= 0.3 is 0 Å². The highest BCUT2D eigenvalue weighted by Crippen LogP contribution is 2.26. The quantitative estimate of drug-likeness (QED) is 0.836. The number of thiophene rings is 1. The largest absolute Gasteiger partial charge is 0.398 e. The first-order chi connectivity index (χ1) is 8.52. The van der Waals surface area contributed by atoms with Crippen LogP contribution in [0.3, 0.4) is 0 Å². The minimum Gasteiger partial charge on any atom is -0.398 e. The van der Waals surface area contributed by atoms with Gasteiger partial charge in [-0.3, -0.25) is 4.79 Å². The van der Waals surface area contributed by atoms with Gasteiger partial charge in [0.25, 0.3) is 5.91 Å². The highest BCUT2D eigenvalue weighted by Gasteiger charge is 2.30. The fraction of sp³-hybridized carbons (Fsp3) is 0.583. The Morgan fingerprint density at radius 2 is 2.44 bits per heavy atom. The van der Waals surface area contributed by atoms with Crippen LogP contribution in [0.5, 0.6) is 0 Å². The van der Waals surface area contributed by atoms with Gasteiger partial charge in [0.1, 0.15) is 0 Å². The molecule has 0 radical (unpaired) electrons. The van der Waals surface area contributed by atoms with Crippen LogP contribution in [-0.2, 0) is 4.74 Å². The molecular formula is C12H18N2O3S. The molecule has 0 aliphatic carbocycles. The summed E-state index contributed by atoms with van der Waals surface area (Å²) in [6.07, 6.45) is -0.288. The fourth-order valence-electron chi connectivity index (χ4n) is 1.95. The number of aliphatic hydroxyl groups excluding tert-OH is 1. The summed E-state index contributed by atoms with van der Waals surface area (Å²) in [7, 11) is 0. The van der Waals surface area contributed by atoms with E-state index in [0.29, 0.717) is 23.7 Å². The van der Waals surface area contributed by atoms with Crippen LogP contribution in [0.2, 0.25) is 0 Å². The number of morpholine rings is 1. The summed E-state index contributed by atoms with van der Waals surface area (Å²) in [6, 6.07) is 1.74. The van der Waals surface area contributed by atoms with E-state index in [1.54, 1.807) is 11.0 Å². The lowest BCUT2D eigenvalue weighted by Crippen LogP contribution is -2.51. The van der Waals surface area contributed by atoms with Crippen LogP contribution >= 0.6 is 11.3 Å². The third-order valence-corrected chi connectivity index (χ3v) is 4.19. The summed E-state index contributed by atoms with van der Waals surface area (Å²) in [6.45, 7) is 4.65. The number of hydrogen-bond acceptors (Lipinski definition) is 5. The number of anilines is 1. The van der Waals surface area contributed by atoms with Gasteiger partial charge in [-0.1, -0.05) is 0 Å². The highest BCUT2D eigenvalue weighted by atomic mass is 32.1. The first-order valence-corrected chi connectivity index (χ1v) is 6.74. The number of aliphatic hydroxyl groups is 1. The maximum atomic E-state index is 12.4. The van der Waals surface area contributed by atoms with Gasteiger partial charge in [-0.15, -0.1) is 11.3 Å². The molecule has 18 heavy (non-hydrogen) atoms. The van der Waals surface area contributed by atoms with Gasteiger partial charge in [-0.2, -0.15) is 0 Å². The van der Waals surface area contributed by atoms with E-state index in [1.807, 2.05) is 13.8 Å². The summed E-state index contributed by atoms with van der Waals surface area (Å²) in [5.74, 6) is -0.0333. The third-order valence-electron chi connectivity index (χ3n) is 3.14. The van der Waals surface area contributed by atoms with Crippen molar-refractivity contribution < 1.29 is 14.6 Å². The van der Waals surface area contributed by atoms with E-state index >= 15 is 0 Å². The Kier molecular flexibility index (Phi) is 3.89. The lowest BCUT2D eigenvalue weighted by Gasteiger charge is -2.37. The zero-order valence-corrected chi connectivity index (χ0v) is 11.4. The molecule has 1 saturated heterocycles. The second kappa shape index (κ2) is 5.26. The minimum atomic E-state index is -0.288. The van der Waals surface area contributed by atoms with E-state index in [0.717, 1.165) is 4.88 Å². The van der Waals surface area contributed by atoms with E-state index in [4.69, 9.17) is 15.6 Å². The zero-order chi connectivity index (χ0) is 13.3. The van der Waals surface area contributed by atoms with Crippen LogP contribution in [0.4, 0.5) is 5.69 Å². The van der Waals surface area contributed by atoms with E-state index in [-0.39, 0.29) is 24.7 Å². The Morgan fingerprint density at radius 1 is 1.72 bits per heavy atom.